The summed E-state index contributed by atoms with van der Waals surface area (Å²) in [5, 5.41) is 3.64. The van der Waals surface area contributed by atoms with Crippen LogP contribution in [0.15, 0.2) is 96.3 Å². The summed E-state index contributed by atoms with van der Waals surface area (Å²) in [5.74, 6) is -0.192. The highest BCUT2D eigenvalue weighted by Gasteiger charge is 2.14. The molecule has 5 nitrogen and oxygen atoms in total. The molecule has 2 aromatic heterocycles. The molecule has 0 aliphatic heterocycles. The van der Waals surface area contributed by atoms with Crippen LogP contribution in [0.2, 0.25) is 0 Å². The zero-order valence-electron chi connectivity index (χ0n) is 19.2. The average Bonchev–Trinajstić information content (AvgIpc) is 3.24. The highest BCUT2D eigenvalue weighted by molar-refractivity contribution is 7.98. The third kappa shape index (κ3) is 5.60. The number of thioether (sulfide) groups is 1. The number of amides is 1. The monoisotopic (exact) mass is 500 g/mol. The van der Waals surface area contributed by atoms with Crippen LogP contribution < -0.4 is 5.32 Å². The number of nitrogens with zero attached hydrogens (tertiary/aromatic N) is 3. The molecule has 8 heteroatoms. The number of imidazole rings is 1. The van der Waals surface area contributed by atoms with E-state index >= 15 is 0 Å². The van der Waals surface area contributed by atoms with Crippen LogP contribution in [0.25, 0.3) is 11.2 Å². The van der Waals surface area contributed by atoms with Gasteiger partial charge in [-0.05, 0) is 65.2 Å². The van der Waals surface area contributed by atoms with E-state index in [0.717, 1.165) is 33.0 Å². The smallest absolute Gasteiger partial charge is 0.251 e. The Labute approximate surface area is 211 Å². The minimum Gasteiger partial charge on any atom is -0.348 e. The Morgan fingerprint density at radius 2 is 1.64 bits per heavy atom. The fraction of sp³-hybridized carbons (Fsp3) is 0.107. The van der Waals surface area contributed by atoms with Gasteiger partial charge in [0.2, 0.25) is 0 Å². The van der Waals surface area contributed by atoms with Gasteiger partial charge in [0.1, 0.15) is 17.2 Å². The maximum atomic E-state index is 13.6. The lowest BCUT2D eigenvalue weighted by atomic mass is 10.1. The fourth-order valence-corrected chi connectivity index (χ4v) is 4.74. The maximum absolute atomic E-state index is 13.6. The quantitative estimate of drug-likeness (QED) is 0.266. The summed E-state index contributed by atoms with van der Waals surface area (Å²) in [7, 11) is 0. The first-order chi connectivity index (χ1) is 17.5. The Balaban J connectivity index is 1.30. The van der Waals surface area contributed by atoms with Crippen LogP contribution in [0.4, 0.5) is 8.78 Å². The van der Waals surface area contributed by atoms with Crippen molar-refractivity contribution in [2.45, 2.75) is 24.0 Å². The summed E-state index contributed by atoms with van der Waals surface area (Å²) in [6.45, 7) is 0.843. The van der Waals surface area contributed by atoms with E-state index in [1.165, 1.54) is 36.0 Å². The molecule has 5 rings (SSSR count). The summed E-state index contributed by atoms with van der Waals surface area (Å²) in [5.41, 5.74) is 4.78. The van der Waals surface area contributed by atoms with E-state index in [-0.39, 0.29) is 17.5 Å². The number of rotatable bonds is 8. The highest BCUT2D eigenvalue weighted by atomic mass is 32.2. The van der Waals surface area contributed by atoms with E-state index in [2.05, 4.69) is 10.3 Å². The number of carbonyl (C=O) groups excluding carboxylic acids is 1. The van der Waals surface area contributed by atoms with Gasteiger partial charge in [0.15, 0.2) is 10.8 Å². The minimum absolute atomic E-state index is 0.202. The normalized spacial score (nSPS) is 11.1. The second kappa shape index (κ2) is 10.7. The molecular formula is C28H22F2N4OS. The topological polar surface area (TPSA) is 59.8 Å². The van der Waals surface area contributed by atoms with Crippen molar-refractivity contribution in [2.24, 2.45) is 0 Å². The molecule has 0 radical (unpaired) electrons. The summed E-state index contributed by atoms with van der Waals surface area (Å²) in [4.78, 5) is 21.8. The molecule has 3 aromatic carbocycles. The molecule has 0 fully saturated rings. The van der Waals surface area contributed by atoms with E-state index in [9.17, 15) is 13.6 Å². The predicted octanol–water partition coefficient (Wildman–Crippen LogP) is 5.98. The van der Waals surface area contributed by atoms with Crippen LogP contribution in [-0.4, -0.2) is 20.4 Å². The Kier molecular flexibility index (Phi) is 7.04. The van der Waals surface area contributed by atoms with Gasteiger partial charge in [0.05, 0.1) is 6.54 Å². The molecule has 0 aliphatic carbocycles. The second-order valence-corrected chi connectivity index (χ2v) is 9.19. The van der Waals surface area contributed by atoms with E-state index in [1.54, 1.807) is 36.5 Å². The Hall–Kier alpha value is -4.04. The number of hydrogen-bond donors (Lipinski definition) is 1. The van der Waals surface area contributed by atoms with E-state index < -0.39 is 0 Å². The van der Waals surface area contributed by atoms with Gasteiger partial charge in [0.25, 0.3) is 5.91 Å². The second-order valence-electron chi connectivity index (χ2n) is 8.25. The Morgan fingerprint density at radius 1 is 0.861 bits per heavy atom. The molecule has 36 heavy (non-hydrogen) atoms. The molecule has 5 aromatic rings. The van der Waals surface area contributed by atoms with Gasteiger partial charge in [-0.2, -0.15) is 0 Å². The van der Waals surface area contributed by atoms with Crippen molar-refractivity contribution >= 4 is 28.8 Å². The third-order valence-corrected chi connectivity index (χ3v) is 6.70. The number of benzene rings is 3. The molecule has 0 unspecified atom stereocenters. The van der Waals surface area contributed by atoms with Crippen molar-refractivity contribution in [2.75, 3.05) is 0 Å². The Morgan fingerprint density at radius 3 is 2.42 bits per heavy atom. The number of fused-ring (bicyclic) bond motifs is 1. The molecule has 180 valence electrons. The van der Waals surface area contributed by atoms with Gasteiger partial charge in [0, 0.05) is 24.1 Å². The van der Waals surface area contributed by atoms with Crippen LogP contribution in [0, 0.1) is 11.6 Å². The minimum atomic E-state index is -0.308. The van der Waals surface area contributed by atoms with Crippen molar-refractivity contribution in [1.29, 1.82) is 0 Å². The van der Waals surface area contributed by atoms with Gasteiger partial charge in [-0.1, -0.05) is 48.2 Å². The molecular weight excluding hydrogens is 478 g/mol. The summed E-state index contributed by atoms with van der Waals surface area (Å²) < 4.78 is 28.7. The van der Waals surface area contributed by atoms with Crippen LogP contribution in [0.1, 0.15) is 27.0 Å². The van der Waals surface area contributed by atoms with Crippen LogP contribution in [-0.2, 0) is 18.8 Å². The first kappa shape index (κ1) is 23.7. The average molecular weight is 501 g/mol. The Bertz CT molecular complexity index is 1500. The van der Waals surface area contributed by atoms with Gasteiger partial charge in [-0.15, -0.1) is 0 Å². The predicted molar refractivity (Wildman–Crippen MR) is 137 cm³/mol. The first-order valence-electron chi connectivity index (χ1n) is 11.4. The van der Waals surface area contributed by atoms with Crippen molar-refractivity contribution < 1.29 is 13.6 Å². The van der Waals surface area contributed by atoms with E-state index in [1.807, 2.05) is 34.9 Å². The van der Waals surface area contributed by atoms with E-state index in [0.29, 0.717) is 24.4 Å². The van der Waals surface area contributed by atoms with Crippen molar-refractivity contribution in [1.82, 2.24) is 19.9 Å². The van der Waals surface area contributed by atoms with Crippen molar-refractivity contribution in [3.63, 3.8) is 0 Å². The third-order valence-electron chi connectivity index (χ3n) is 5.65. The van der Waals surface area contributed by atoms with Gasteiger partial charge >= 0.3 is 0 Å². The molecule has 1 amide bonds. The van der Waals surface area contributed by atoms with Crippen molar-refractivity contribution in [3.8, 4) is 0 Å². The molecule has 2 heterocycles. The summed E-state index contributed by atoms with van der Waals surface area (Å²) >= 11 is 1.52. The molecule has 0 atom stereocenters. The van der Waals surface area contributed by atoms with Crippen molar-refractivity contribution in [3.05, 3.63) is 125 Å². The number of nitrogens with one attached hydrogen (secondary N) is 1. The molecule has 0 aliphatic rings. The molecule has 0 saturated heterocycles. The molecule has 1 N–H and O–H groups in total. The number of hydrogen-bond acceptors (Lipinski definition) is 4. The fourth-order valence-electron chi connectivity index (χ4n) is 3.80. The first-order valence-corrected chi connectivity index (χ1v) is 12.3. The maximum Gasteiger partial charge on any atom is 0.251 e. The molecule has 0 spiro atoms. The lowest BCUT2D eigenvalue weighted by Gasteiger charge is -2.10. The van der Waals surface area contributed by atoms with Gasteiger partial charge < -0.3 is 5.32 Å². The van der Waals surface area contributed by atoms with Gasteiger partial charge in [-0.25, -0.2) is 18.7 Å². The lowest BCUT2D eigenvalue weighted by molar-refractivity contribution is 0.0951. The SMILES string of the molecule is O=C(NCc1ccc(F)cc1)c1ccc(Cn2c(SCc3cccc(F)c3)nc3cccnc32)cc1. The van der Waals surface area contributed by atoms with E-state index in [4.69, 9.17) is 4.98 Å². The molecule has 0 bridgehead atoms. The number of pyridine rings is 1. The number of halogens is 2. The highest BCUT2D eigenvalue weighted by Crippen LogP contribution is 2.27. The summed E-state index contributed by atoms with van der Waals surface area (Å²) in [6, 6.07) is 23.7. The standard InChI is InChI=1S/C28H22F2N4OS/c29-23-12-8-19(9-13-23)16-32-27(35)22-10-6-20(7-11-22)17-34-26-25(5-2-14-31-26)33-28(34)36-18-21-3-1-4-24(30)15-21/h1-15H,16-18H2,(H,32,35). The zero-order valence-corrected chi connectivity index (χ0v) is 20.0. The number of carbonyl (C=O) groups is 1. The summed E-state index contributed by atoms with van der Waals surface area (Å²) in [6.07, 6.45) is 1.73. The molecule has 0 saturated carbocycles. The van der Waals surface area contributed by atoms with Gasteiger partial charge in [-0.3, -0.25) is 9.36 Å². The number of aromatic nitrogens is 3. The lowest BCUT2D eigenvalue weighted by Crippen LogP contribution is -2.22. The zero-order chi connectivity index (χ0) is 24.9. The largest absolute Gasteiger partial charge is 0.348 e. The van der Waals surface area contributed by atoms with Crippen LogP contribution >= 0.6 is 11.8 Å². The van der Waals surface area contributed by atoms with Crippen LogP contribution in [0.3, 0.4) is 0 Å². The van der Waals surface area contributed by atoms with Crippen LogP contribution in [0.5, 0.6) is 0 Å².